The fourth-order valence-electron chi connectivity index (χ4n) is 13.3. The molecule has 3 unspecified atom stereocenters. The first-order valence-corrected chi connectivity index (χ1v) is 47.2. The molecule has 0 aliphatic heterocycles. The minimum absolute atomic E-state index is 0.109. The van der Waals surface area contributed by atoms with E-state index in [1.165, 1.54) is 283 Å². The van der Waals surface area contributed by atoms with E-state index in [9.17, 15) is 43.2 Å². The van der Waals surface area contributed by atoms with Gasteiger partial charge in [-0.05, 0) is 31.6 Å². The van der Waals surface area contributed by atoms with Gasteiger partial charge in [0, 0.05) is 25.7 Å². The Morgan fingerprint density at radius 3 is 0.683 bits per heavy atom. The Morgan fingerprint density at radius 2 is 0.462 bits per heavy atom. The van der Waals surface area contributed by atoms with Crippen molar-refractivity contribution in [2.45, 2.75) is 477 Å². The van der Waals surface area contributed by atoms with E-state index < -0.39 is 97.5 Å². The van der Waals surface area contributed by atoms with E-state index in [0.29, 0.717) is 25.7 Å². The third-order valence-electron chi connectivity index (χ3n) is 20.4. The number of hydrogen-bond acceptors (Lipinski definition) is 15. The Balaban J connectivity index is 5.26. The molecule has 104 heavy (non-hydrogen) atoms. The van der Waals surface area contributed by atoms with Gasteiger partial charge in [0.25, 0.3) is 0 Å². The van der Waals surface area contributed by atoms with Crippen LogP contribution in [-0.4, -0.2) is 96.7 Å². The molecule has 0 amide bonds. The van der Waals surface area contributed by atoms with Crippen molar-refractivity contribution in [3.05, 3.63) is 0 Å². The summed E-state index contributed by atoms with van der Waals surface area (Å²) >= 11 is 0. The van der Waals surface area contributed by atoms with Crippen molar-refractivity contribution in [2.75, 3.05) is 39.6 Å². The van der Waals surface area contributed by atoms with E-state index in [1.54, 1.807) is 0 Å². The van der Waals surface area contributed by atoms with Crippen LogP contribution in [0.4, 0.5) is 0 Å². The first-order chi connectivity index (χ1) is 50.6. The van der Waals surface area contributed by atoms with Crippen LogP contribution in [-0.2, 0) is 65.4 Å². The SMILES string of the molecule is CCCCCCCCCCCCCCCCCCCC(=O)OC[C@H](COP(=O)(O)OC[C@@H](O)COP(=O)(O)OC[C@@H](COC(=O)CCCCCCCCCCCCCC)OC(=O)CCCCCCCCCCCCCCCCCCC)OC(=O)CCCCCCCCCCCCCCCCC(C)CC. The Bertz CT molecular complexity index is 1980. The van der Waals surface area contributed by atoms with Crippen LogP contribution >= 0.6 is 15.6 Å². The van der Waals surface area contributed by atoms with Gasteiger partial charge in [-0.3, -0.25) is 37.3 Å². The second kappa shape index (κ2) is 77.8. The monoisotopic (exact) mass is 1520 g/mol. The van der Waals surface area contributed by atoms with Crippen LogP contribution in [0.1, 0.15) is 458 Å². The second-order valence-electron chi connectivity index (χ2n) is 30.8. The van der Waals surface area contributed by atoms with Crippen LogP contribution < -0.4 is 0 Å². The summed E-state index contributed by atoms with van der Waals surface area (Å²) in [6, 6.07) is 0. The number of carbonyl (C=O) groups is 4. The standard InChI is InChI=1S/C85H166O17P2/c1-6-10-13-16-19-22-25-28-30-32-34-39-44-49-54-59-64-69-83(88)96-75-81(102-85(90)71-66-61-56-51-46-41-37-36-38-42-47-52-57-62-67-78(5)9-4)77-100-104(93,94)98-73-79(86)72-97-103(91,92)99-76-80(74-95-82(87)68-63-58-53-48-43-27-24-21-18-15-12-8-3)101-84(89)70-65-60-55-50-45-40-35-33-31-29-26-23-20-17-14-11-7-2/h78-81,86H,6-77H2,1-5H3,(H,91,92)(H,93,94)/t78?,79-,80+,81+/m0/s1. The molecule has 0 rings (SSSR count). The number of aliphatic hydroxyl groups excluding tert-OH is 1. The number of hydrogen-bond donors (Lipinski definition) is 3. The maximum Gasteiger partial charge on any atom is 0.472 e. The van der Waals surface area contributed by atoms with Gasteiger partial charge in [-0.1, -0.05) is 407 Å². The van der Waals surface area contributed by atoms with Crippen LogP contribution in [0.5, 0.6) is 0 Å². The maximum absolute atomic E-state index is 13.1. The molecule has 19 heteroatoms. The average Bonchev–Trinajstić information content (AvgIpc) is 0.906. The van der Waals surface area contributed by atoms with Crippen molar-refractivity contribution >= 4 is 39.5 Å². The number of rotatable bonds is 85. The van der Waals surface area contributed by atoms with Gasteiger partial charge in [0.15, 0.2) is 12.2 Å². The molecule has 0 heterocycles. The molecule has 0 fully saturated rings. The molecule has 0 saturated carbocycles. The van der Waals surface area contributed by atoms with Crippen molar-refractivity contribution in [3.8, 4) is 0 Å². The summed E-state index contributed by atoms with van der Waals surface area (Å²) in [5, 5.41) is 10.7. The van der Waals surface area contributed by atoms with Gasteiger partial charge >= 0.3 is 39.5 Å². The van der Waals surface area contributed by atoms with E-state index in [-0.39, 0.29) is 25.7 Å². The molecule has 3 N–H and O–H groups in total. The molecule has 6 atom stereocenters. The first-order valence-electron chi connectivity index (χ1n) is 44.2. The summed E-state index contributed by atoms with van der Waals surface area (Å²) in [6.07, 6.45) is 70.6. The van der Waals surface area contributed by atoms with Gasteiger partial charge in [0.1, 0.15) is 19.3 Å². The summed E-state index contributed by atoms with van der Waals surface area (Å²) in [6.45, 7) is 7.42. The van der Waals surface area contributed by atoms with Crippen LogP contribution in [0.25, 0.3) is 0 Å². The quantitative estimate of drug-likeness (QED) is 0.0222. The molecule has 0 aromatic heterocycles. The summed E-state index contributed by atoms with van der Waals surface area (Å²) < 4.78 is 68.9. The molecule has 618 valence electrons. The predicted molar refractivity (Wildman–Crippen MR) is 428 cm³/mol. The van der Waals surface area contributed by atoms with E-state index >= 15 is 0 Å². The number of aliphatic hydroxyl groups is 1. The highest BCUT2D eigenvalue weighted by Crippen LogP contribution is 2.45. The number of esters is 4. The number of phosphoric acid groups is 2. The number of carbonyl (C=O) groups excluding carboxylic acids is 4. The molecule has 0 spiro atoms. The zero-order chi connectivity index (χ0) is 76.2. The van der Waals surface area contributed by atoms with Crippen LogP contribution in [0, 0.1) is 5.92 Å². The zero-order valence-corrected chi connectivity index (χ0v) is 70.0. The largest absolute Gasteiger partial charge is 0.472 e. The van der Waals surface area contributed by atoms with Gasteiger partial charge < -0.3 is 33.8 Å². The van der Waals surface area contributed by atoms with Gasteiger partial charge in [-0.25, -0.2) is 9.13 Å². The molecule has 17 nitrogen and oxygen atoms in total. The minimum Gasteiger partial charge on any atom is -0.462 e. The second-order valence-corrected chi connectivity index (χ2v) is 33.7. The molecule has 0 radical (unpaired) electrons. The van der Waals surface area contributed by atoms with Crippen molar-refractivity contribution < 1.29 is 80.2 Å². The predicted octanol–water partition coefficient (Wildman–Crippen LogP) is 26.0. The molecule has 0 aliphatic carbocycles. The van der Waals surface area contributed by atoms with Crippen LogP contribution in [0.3, 0.4) is 0 Å². The molecular formula is C85H166O17P2. The Labute approximate surface area is 638 Å². The van der Waals surface area contributed by atoms with E-state index in [4.69, 9.17) is 37.0 Å². The highest BCUT2D eigenvalue weighted by atomic mass is 31.2. The van der Waals surface area contributed by atoms with E-state index in [1.807, 2.05) is 0 Å². The Morgan fingerprint density at radius 1 is 0.269 bits per heavy atom. The van der Waals surface area contributed by atoms with Gasteiger partial charge in [0.05, 0.1) is 26.4 Å². The lowest BCUT2D eigenvalue weighted by molar-refractivity contribution is -0.161. The molecule has 0 saturated heterocycles. The summed E-state index contributed by atoms with van der Waals surface area (Å²) in [5.74, 6) is -1.25. The van der Waals surface area contributed by atoms with Crippen LogP contribution in [0.15, 0.2) is 0 Å². The summed E-state index contributed by atoms with van der Waals surface area (Å²) in [4.78, 5) is 73.2. The fraction of sp³-hybridized carbons (Fsp3) is 0.953. The molecule has 0 bridgehead atoms. The molecule has 0 aliphatic rings. The van der Waals surface area contributed by atoms with Crippen molar-refractivity contribution in [1.82, 2.24) is 0 Å². The number of unbranched alkanes of at least 4 members (excludes halogenated alkanes) is 56. The minimum atomic E-state index is -4.96. The maximum atomic E-state index is 13.1. The molecule has 0 aromatic carbocycles. The van der Waals surface area contributed by atoms with Crippen molar-refractivity contribution in [2.24, 2.45) is 5.92 Å². The Hall–Kier alpha value is -1.94. The van der Waals surface area contributed by atoms with Gasteiger partial charge in [-0.15, -0.1) is 0 Å². The highest BCUT2D eigenvalue weighted by Gasteiger charge is 2.30. The zero-order valence-electron chi connectivity index (χ0n) is 68.2. The Kier molecular flexibility index (Phi) is 76.3. The fourth-order valence-corrected chi connectivity index (χ4v) is 14.8. The summed E-state index contributed by atoms with van der Waals surface area (Å²) in [5.41, 5.74) is 0. The normalized spacial score (nSPS) is 14.0. The van der Waals surface area contributed by atoms with Crippen LogP contribution in [0.2, 0.25) is 0 Å². The first kappa shape index (κ1) is 102. The number of ether oxygens (including phenoxy) is 4. The van der Waals surface area contributed by atoms with E-state index in [0.717, 1.165) is 95.8 Å². The third-order valence-corrected chi connectivity index (χ3v) is 22.3. The lowest BCUT2D eigenvalue weighted by Gasteiger charge is -2.21. The van der Waals surface area contributed by atoms with Crippen molar-refractivity contribution in [1.29, 1.82) is 0 Å². The lowest BCUT2D eigenvalue weighted by Crippen LogP contribution is -2.30. The van der Waals surface area contributed by atoms with Gasteiger partial charge in [0.2, 0.25) is 0 Å². The van der Waals surface area contributed by atoms with Gasteiger partial charge in [-0.2, -0.15) is 0 Å². The smallest absolute Gasteiger partial charge is 0.462 e. The molecule has 0 aromatic rings. The average molecular weight is 1520 g/mol. The molecular weight excluding hydrogens is 1350 g/mol. The van der Waals surface area contributed by atoms with Crippen molar-refractivity contribution in [3.63, 3.8) is 0 Å². The summed E-state index contributed by atoms with van der Waals surface area (Å²) in [7, 11) is -9.93. The topological polar surface area (TPSA) is 237 Å². The lowest BCUT2D eigenvalue weighted by atomic mass is 9.99. The van der Waals surface area contributed by atoms with E-state index in [2.05, 4.69) is 34.6 Å². The highest BCUT2D eigenvalue weighted by molar-refractivity contribution is 7.47. The third kappa shape index (κ3) is 76.8. The number of phosphoric ester groups is 2.